The molecule has 4 nitrogen and oxygen atoms in total. The second-order valence-electron chi connectivity index (χ2n) is 6.11. The SMILES string of the molecule is Cc1nc(C(F)(F)F)ccc1N(Cc1ccccc1)S(=O)(=O)c1ccccc1. The number of aryl methyl sites for hydroxylation is 1. The van der Waals surface area contributed by atoms with E-state index in [1.165, 1.54) is 19.1 Å². The Morgan fingerprint density at radius 3 is 2.00 bits per heavy atom. The number of pyridine rings is 1. The van der Waals surface area contributed by atoms with Crippen molar-refractivity contribution in [2.45, 2.75) is 24.5 Å². The molecule has 0 aliphatic heterocycles. The minimum Gasteiger partial charge on any atom is -0.260 e. The first-order valence-corrected chi connectivity index (χ1v) is 9.80. The van der Waals surface area contributed by atoms with Crippen LogP contribution in [0.2, 0.25) is 0 Å². The molecule has 28 heavy (non-hydrogen) atoms. The van der Waals surface area contributed by atoms with Gasteiger partial charge in [-0.25, -0.2) is 13.4 Å². The fourth-order valence-electron chi connectivity index (χ4n) is 2.74. The van der Waals surface area contributed by atoms with E-state index in [1.54, 1.807) is 48.5 Å². The molecule has 0 spiro atoms. The quantitative estimate of drug-likeness (QED) is 0.611. The zero-order valence-electron chi connectivity index (χ0n) is 14.9. The lowest BCUT2D eigenvalue weighted by molar-refractivity contribution is -0.141. The lowest BCUT2D eigenvalue weighted by Gasteiger charge is -2.26. The minimum absolute atomic E-state index is 0.0229. The third-order valence-corrected chi connectivity index (χ3v) is 5.89. The van der Waals surface area contributed by atoms with Gasteiger partial charge in [-0.05, 0) is 36.8 Å². The fraction of sp³-hybridized carbons (Fsp3) is 0.150. The second-order valence-corrected chi connectivity index (χ2v) is 7.97. The molecule has 146 valence electrons. The smallest absolute Gasteiger partial charge is 0.260 e. The zero-order valence-corrected chi connectivity index (χ0v) is 15.7. The van der Waals surface area contributed by atoms with Crippen molar-refractivity contribution in [3.05, 3.63) is 89.7 Å². The third kappa shape index (κ3) is 4.17. The Morgan fingerprint density at radius 1 is 0.893 bits per heavy atom. The molecule has 0 N–H and O–H groups in total. The maximum atomic E-state index is 13.2. The molecule has 0 atom stereocenters. The van der Waals surface area contributed by atoms with Crippen molar-refractivity contribution in [1.29, 1.82) is 0 Å². The molecule has 0 saturated heterocycles. The van der Waals surface area contributed by atoms with Crippen molar-refractivity contribution < 1.29 is 21.6 Å². The third-order valence-electron chi connectivity index (χ3n) is 4.12. The van der Waals surface area contributed by atoms with Gasteiger partial charge in [0.2, 0.25) is 0 Å². The normalized spacial score (nSPS) is 12.0. The molecule has 0 aliphatic carbocycles. The molecule has 1 aromatic heterocycles. The predicted molar refractivity (Wildman–Crippen MR) is 100 cm³/mol. The van der Waals surface area contributed by atoms with Crippen molar-refractivity contribution in [3.63, 3.8) is 0 Å². The van der Waals surface area contributed by atoms with E-state index in [0.717, 1.165) is 16.4 Å². The second kappa shape index (κ2) is 7.63. The Balaban J connectivity index is 2.12. The van der Waals surface area contributed by atoms with Crippen LogP contribution in [0.3, 0.4) is 0 Å². The first-order valence-electron chi connectivity index (χ1n) is 8.36. The first-order chi connectivity index (χ1) is 13.2. The van der Waals surface area contributed by atoms with E-state index in [4.69, 9.17) is 0 Å². The summed E-state index contributed by atoms with van der Waals surface area (Å²) in [4.78, 5) is 3.63. The Bertz CT molecular complexity index is 1050. The van der Waals surface area contributed by atoms with Gasteiger partial charge >= 0.3 is 6.18 Å². The standard InChI is InChI=1S/C20H17F3N2O2S/c1-15-18(12-13-19(24-15)20(21,22)23)25(14-16-8-4-2-5-9-16)28(26,27)17-10-6-3-7-11-17/h2-13H,14H2,1H3. The summed E-state index contributed by atoms with van der Waals surface area (Å²) in [6, 6.07) is 18.5. The number of nitrogens with zero attached hydrogens (tertiary/aromatic N) is 2. The molecule has 8 heteroatoms. The Labute approximate surface area is 161 Å². The molecule has 0 aliphatic rings. The maximum Gasteiger partial charge on any atom is 0.433 e. The van der Waals surface area contributed by atoms with Crippen molar-refractivity contribution in [3.8, 4) is 0 Å². The topological polar surface area (TPSA) is 50.3 Å². The minimum atomic E-state index is -4.61. The molecule has 0 amide bonds. The summed E-state index contributed by atoms with van der Waals surface area (Å²) in [6.45, 7) is 1.33. The van der Waals surface area contributed by atoms with E-state index in [2.05, 4.69) is 4.98 Å². The highest BCUT2D eigenvalue weighted by Gasteiger charge is 2.34. The number of halogens is 3. The molecule has 1 heterocycles. The van der Waals surface area contributed by atoms with Gasteiger partial charge in [-0.3, -0.25) is 4.31 Å². The van der Waals surface area contributed by atoms with E-state index >= 15 is 0 Å². The van der Waals surface area contributed by atoms with Gasteiger partial charge in [0, 0.05) is 0 Å². The highest BCUT2D eigenvalue weighted by molar-refractivity contribution is 7.92. The molecular weight excluding hydrogens is 389 g/mol. The maximum absolute atomic E-state index is 13.2. The fourth-order valence-corrected chi connectivity index (χ4v) is 4.27. The van der Waals surface area contributed by atoms with Gasteiger partial charge in [-0.2, -0.15) is 13.2 Å². The number of rotatable bonds is 5. The van der Waals surface area contributed by atoms with Crippen LogP contribution in [0, 0.1) is 6.92 Å². The predicted octanol–water partition coefficient (Wildman–Crippen LogP) is 4.80. The number of hydrogen-bond donors (Lipinski definition) is 0. The van der Waals surface area contributed by atoms with Crippen molar-refractivity contribution >= 4 is 15.7 Å². The van der Waals surface area contributed by atoms with E-state index < -0.39 is 21.9 Å². The van der Waals surface area contributed by atoms with Gasteiger partial charge < -0.3 is 0 Å². The molecular formula is C20H17F3N2O2S. The van der Waals surface area contributed by atoms with Crippen LogP contribution in [0.5, 0.6) is 0 Å². The molecule has 3 aromatic rings. The van der Waals surface area contributed by atoms with E-state index in [9.17, 15) is 21.6 Å². The molecule has 0 radical (unpaired) electrons. The average molecular weight is 406 g/mol. The van der Waals surface area contributed by atoms with Gasteiger partial charge in [-0.1, -0.05) is 48.5 Å². The number of benzene rings is 2. The molecule has 0 saturated carbocycles. The van der Waals surface area contributed by atoms with E-state index in [-0.39, 0.29) is 22.8 Å². The molecule has 2 aromatic carbocycles. The summed E-state index contributed by atoms with van der Waals surface area (Å²) in [5.41, 5.74) is -0.294. The Kier molecular flexibility index (Phi) is 5.42. The van der Waals surface area contributed by atoms with Gasteiger partial charge in [-0.15, -0.1) is 0 Å². The number of aromatic nitrogens is 1. The Hall–Kier alpha value is -2.87. The molecule has 0 bridgehead atoms. The Morgan fingerprint density at radius 2 is 1.46 bits per heavy atom. The number of alkyl halides is 3. The van der Waals surface area contributed by atoms with Crippen LogP contribution >= 0.6 is 0 Å². The van der Waals surface area contributed by atoms with Gasteiger partial charge in [0.15, 0.2) is 0 Å². The van der Waals surface area contributed by atoms with E-state index in [0.29, 0.717) is 5.56 Å². The number of anilines is 1. The van der Waals surface area contributed by atoms with Crippen LogP contribution in [0.25, 0.3) is 0 Å². The summed E-state index contributed by atoms with van der Waals surface area (Å²) in [6.07, 6.45) is -4.61. The summed E-state index contributed by atoms with van der Waals surface area (Å²) in [5.74, 6) is 0. The molecule has 0 fully saturated rings. The van der Waals surface area contributed by atoms with E-state index in [1.807, 2.05) is 0 Å². The highest BCUT2D eigenvalue weighted by Crippen LogP contribution is 2.32. The van der Waals surface area contributed by atoms with Crippen molar-refractivity contribution in [1.82, 2.24) is 4.98 Å². The largest absolute Gasteiger partial charge is 0.433 e. The first kappa shape index (κ1) is 19.9. The van der Waals surface area contributed by atoms with Crippen LogP contribution in [-0.2, 0) is 22.7 Å². The van der Waals surface area contributed by atoms with Crippen LogP contribution in [0.4, 0.5) is 18.9 Å². The van der Waals surface area contributed by atoms with Gasteiger partial charge in [0.25, 0.3) is 10.0 Å². The highest BCUT2D eigenvalue weighted by atomic mass is 32.2. The van der Waals surface area contributed by atoms with Crippen LogP contribution < -0.4 is 4.31 Å². The molecule has 3 rings (SSSR count). The van der Waals surface area contributed by atoms with Crippen molar-refractivity contribution in [2.24, 2.45) is 0 Å². The summed E-state index contributed by atoms with van der Waals surface area (Å²) in [5, 5.41) is 0. The lowest BCUT2D eigenvalue weighted by Crippen LogP contribution is -2.31. The molecule has 0 unspecified atom stereocenters. The van der Waals surface area contributed by atoms with Crippen LogP contribution in [0.1, 0.15) is 17.0 Å². The van der Waals surface area contributed by atoms with Crippen LogP contribution in [0.15, 0.2) is 77.7 Å². The lowest BCUT2D eigenvalue weighted by atomic mass is 10.2. The summed E-state index contributed by atoms with van der Waals surface area (Å²) < 4.78 is 66.4. The number of sulfonamides is 1. The summed E-state index contributed by atoms with van der Waals surface area (Å²) >= 11 is 0. The number of hydrogen-bond acceptors (Lipinski definition) is 3. The van der Waals surface area contributed by atoms with Crippen LogP contribution in [-0.4, -0.2) is 13.4 Å². The van der Waals surface area contributed by atoms with Gasteiger partial charge in [0.05, 0.1) is 22.8 Å². The van der Waals surface area contributed by atoms with Crippen molar-refractivity contribution in [2.75, 3.05) is 4.31 Å². The monoisotopic (exact) mass is 406 g/mol. The van der Waals surface area contributed by atoms with Gasteiger partial charge in [0.1, 0.15) is 5.69 Å². The summed E-state index contributed by atoms with van der Waals surface area (Å²) in [7, 11) is -4.01. The zero-order chi connectivity index (χ0) is 20.4. The average Bonchev–Trinajstić information content (AvgIpc) is 2.67.